The minimum Gasteiger partial charge on any atom is -0.479 e. The molecule has 1 fully saturated rings. The lowest BCUT2D eigenvalue weighted by atomic mass is 9.94. The zero-order valence-corrected chi connectivity index (χ0v) is 13.6. The fourth-order valence-electron chi connectivity index (χ4n) is 2.71. The Bertz CT molecular complexity index is 545. The number of carboxylic acids is 1. The molecule has 0 bridgehead atoms. The predicted octanol–water partition coefficient (Wildman–Crippen LogP) is 1.76. The van der Waals surface area contributed by atoms with Crippen LogP contribution in [0.4, 0.5) is 0 Å². The fourth-order valence-corrected chi connectivity index (χ4v) is 2.71. The molecule has 1 aliphatic heterocycles. The highest BCUT2D eigenvalue weighted by Gasteiger charge is 2.51. The number of benzene rings is 1. The second kappa shape index (κ2) is 7.57. The van der Waals surface area contributed by atoms with Crippen LogP contribution in [0.2, 0.25) is 0 Å². The lowest BCUT2D eigenvalue weighted by Crippen LogP contribution is -2.43. The number of hydrogen-bond acceptors (Lipinski definition) is 4. The molecule has 1 aliphatic rings. The summed E-state index contributed by atoms with van der Waals surface area (Å²) in [4.78, 5) is 23.0. The van der Waals surface area contributed by atoms with Crippen molar-refractivity contribution in [3.8, 4) is 0 Å². The number of methoxy groups -OCH3 is 1. The predicted molar refractivity (Wildman–Crippen MR) is 83.9 cm³/mol. The summed E-state index contributed by atoms with van der Waals surface area (Å²) in [5, 5.41) is 11.7. The first-order valence-electron chi connectivity index (χ1n) is 7.70. The van der Waals surface area contributed by atoms with E-state index in [1.54, 1.807) is 7.11 Å². The molecule has 1 aromatic rings. The van der Waals surface area contributed by atoms with Crippen molar-refractivity contribution >= 4 is 11.9 Å². The smallest absolute Gasteiger partial charge is 0.336 e. The molecule has 1 saturated heterocycles. The molecular weight excluding hydrogens is 298 g/mol. The summed E-state index contributed by atoms with van der Waals surface area (Å²) in [6.07, 6.45) is -1.53. The number of nitrogens with one attached hydrogen (secondary N) is 1. The summed E-state index contributed by atoms with van der Waals surface area (Å²) in [5.41, 5.74) is 0.965. The third-order valence-electron chi connectivity index (χ3n) is 3.79. The van der Waals surface area contributed by atoms with Crippen LogP contribution in [0.3, 0.4) is 0 Å². The summed E-state index contributed by atoms with van der Waals surface area (Å²) in [5.74, 6) is -1.17. The van der Waals surface area contributed by atoms with E-state index in [0.717, 1.165) is 5.56 Å². The SMILES string of the molecule is CO[C@@H](c1ccccc1)C(CC(C)C)NC(=O)[C@H]1O[C@@H]1C(=O)O. The molecule has 0 radical (unpaired) electrons. The number of carbonyl (C=O) groups excluding carboxylic acids is 1. The molecule has 23 heavy (non-hydrogen) atoms. The highest BCUT2D eigenvalue weighted by atomic mass is 16.6. The first kappa shape index (κ1) is 17.4. The van der Waals surface area contributed by atoms with E-state index in [9.17, 15) is 9.59 Å². The van der Waals surface area contributed by atoms with E-state index in [4.69, 9.17) is 14.6 Å². The largest absolute Gasteiger partial charge is 0.479 e. The summed E-state index contributed by atoms with van der Waals surface area (Å²) in [6, 6.07) is 9.39. The highest BCUT2D eigenvalue weighted by molar-refractivity contribution is 5.92. The van der Waals surface area contributed by atoms with Gasteiger partial charge >= 0.3 is 5.97 Å². The molecule has 4 atom stereocenters. The third kappa shape index (κ3) is 4.53. The van der Waals surface area contributed by atoms with Crippen molar-refractivity contribution in [3.05, 3.63) is 35.9 Å². The van der Waals surface area contributed by atoms with Gasteiger partial charge in [0.05, 0.1) is 6.04 Å². The Labute approximate surface area is 135 Å². The number of epoxide rings is 1. The van der Waals surface area contributed by atoms with Crippen molar-refractivity contribution in [3.63, 3.8) is 0 Å². The zero-order valence-electron chi connectivity index (χ0n) is 13.6. The van der Waals surface area contributed by atoms with Crippen molar-refractivity contribution in [2.24, 2.45) is 5.92 Å². The molecule has 1 heterocycles. The molecule has 1 amide bonds. The van der Waals surface area contributed by atoms with Gasteiger partial charge < -0.3 is 19.9 Å². The fraction of sp³-hybridized carbons (Fsp3) is 0.529. The number of amides is 1. The van der Waals surface area contributed by atoms with Crippen LogP contribution in [0.25, 0.3) is 0 Å². The van der Waals surface area contributed by atoms with Gasteiger partial charge in [-0.1, -0.05) is 44.2 Å². The van der Waals surface area contributed by atoms with E-state index in [2.05, 4.69) is 19.2 Å². The van der Waals surface area contributed by atoms with Crippen molar-refractivity contribution in [1.82, 2.24) is 5.32 Å². The van der Waals surface area contributed by atoms with Crippen molar-refractivity contribution in [2.75, 3.05) is 7.11 Å². The molecule has 0 aromatic heterocycles. The van der Waals surface area contributed by atoms with Crippen LogP contribution in [0.1, 0.15) is 31.9 Å². The van der Waals surface area contributed by atoms with Crippen LogP contribution in [-0.4, -0.2) is 42.3 Å². The van der Waals surface area contributed by atoms with Crippen LogP contribution >= 0.6 is 0 Å². The topological polar surface area (TPSA) is 88.2 Å². The molecule has 1 unspecified atom stereocenters. The van der Waals surface area contributed by atoms with Crippen LogP contribution in [-0.2, 0) is 19.1 Å². The lowest BCUT2D eigenvalue weighted by Gasteiger charge is -2.28. The molecule has 0 spiro atoms. The molecule has 2 N–H and O–H groups in total. The number of hydrogen-bond donors (Lipinski definition) is 2. The third-order valence-corrected chi connectivity index (χ3v) is 3.79. The first-order valence-corrected chi connectivity index (χ1v) is 7.70. The van der Waals surface area contributed by atoms with E-state index in [1.165, 1.54) is 0 Å². The van der Waals surface area contributed by atoms with Gasteiger partial charge in [-0.25, -0.2) is 4.79 Å². The maximum Gasteiger partial charge on any atom is 0.336 e. The van der Waals surface area contributed by atoms with Gasteiger partial charge in [0.15, 0.2) is 12.2 Å². The van der Waals surface area contributed by atoms with E-state index >= 15 is 0 Å². The zero-order chi connectivity index (χ0) is 17.0. The van der Waals surface area contributed by atoms with Gasteiger partial charge in [-0.3, -0.25) is 4.79 Å². The number of rotatable bonds is 8. The second-order valence-electron chi connectivity index (χ2n) is 6.13. The number of ether oxygens (including phenoxy) is 2. The average Bonchev–Trinajstić information content (AvgIpc) is 3.29. The quantitative estimate of drug-likeness (QED) is 0.712. The second-order valence-corrected chi connectivity index (χ2v) is 6.13. The van der Waals surface area contributed by atoms with Crippen molar-refractivity contribution < 1.29 is 24.2 Å². The monoisotopic (exact) mass is 321 g/mol. The Kier molecular flexibility index (Phi) is 5.74. The van der Waals surface area contributed by atoms with E-state index in [1.807, 2.05) is 30.3 Å². The Morgan fingerprint density at radius 3 is 2.39 bits per heavy atom. The number of carbonyl (C=O) groups is 2. The van der Waals surface area contributed by atoms with Gasteiger partial charge in [-0.15, -0.1) is 0 Å². The van der Waals surface area contributed by atoms with Gasteiger partial charge in [0.25, 0.3) is 5.91 Å². The Hall–Kier alpha value is -1.92. The van der Waals surface area contributed by atoms with Gasteiger partial charge in [-0.05, 0) is 17.9 Å². The summed E-state index contributed by atoms with van der Waals surface area (Å²) < 4.78 is 10.5. The maximum absolute atomic E-state index is 12.2. The Morgan fingerprint density at radius 1 is 1.26 bits per heavy atom. The molecular formula is C17H23NO5. The van der Waals surface area contributed by atoms with Gasteiger partial charge in [0, 0.05) is 7.11 Å². The average molecular weight is 321 g/mol. The Balaban J connectivity index is 2.10. The lowest BCUT2D eigenvalue weighted by molar-refractivity contribution is -0.138. The number of carboxylic acid groups (broad SMARTS) is 1. The standard InChI is InChI=1S/C17H23NO5/c1-10(2)9-12(13(22-3)11-7-5-4-6-8-11)18-16(19)14-15(23-14)17(20)21/h4-8,10,12-15H,9H2,1-3H3,(H,18,19)(H,20,21)/t12?,13-,14-,15-/m0/s1. The molecule has 126 valence electrons. The molecule has 0 aliphatic carbocycles. The van der Waals surface area contributed by atoms with Gasteiger partial charge in [0.2, 0.25) is 0 Å². The minimum atomic E-state index is -1.11. The molecule has 0 saturated carbocycles. The van der Waals surface area contributed by atoms with E-state index in [-0.39, 0.29) is 12.1 Å². The van der Waals surface area contributed by atoms with Crippen LogP contribution in [0.5, 0.6) is 0 Å². The Morgan fingerprint density at radius 2 is 1.91 bits per heavy atom. The number of aliphatic carboxylic acids is 1. The molecule has 6 nitrogen and oxygen atoms in total. The highest BCUT2D eigenvalue weighted by Crippen LogP contribution is 2.27. The minimum absolute atomic E-state index is 0.256. The van der Waals surface area contributed by atoms with Crippen LogP contribution in [0.15, 0.2) is 30.3 Å². The van der Waals surface area contributed by atoms with Crippen LogP contribution in [0, 0.1) is 5.92 Å². The van der Waals surface area contributed by atoms with Gasteiger partial charge in [-0.2, -0.15) is 0 Å². The van der Waals surface area contributed by atoms with Crippen molar-refractivity contribution in [2.45, 2.75) is 44.6 Å². The van der Waals surface area contributed by atoms with E-state index in [0.29, 0.717) is 12.3 Å². The summed E-state index contributed by atoms with van der Waals surface area (Å²) in [7, 11) is 1.60. The van der Waals surface area contributed by atoms with Crippen molar-refractivity contribution in [1.29, 1.82) is 0 Å². The first-order chi connectivity index (χ1) is 10.9. The normalized spacial score (nSPS) is 22.4. The summed E-state index contributed by atoms with van der Waals surface area (Å²) in [6.45, 7) is 4.12. The molecule has 6 heteroatoms. The van der Waals surface area contributed by atoms with Crippen LogP contribution < -0.4 is 5.32 Å². The molecule has 2 rings (SSSR count). The summed E-state index contributed by atoms with van der Waals surface area (Å²) >= 11 is 0. The molecule has 1 aromatic carbocycles. The maximum atomic E-state index is 12.2. The van der Waals surface area contributed by atoms with Gasteiger partial charge in [0.1, 0.15) is 6.10 Å². The van der Waals surface area contributed by atoms with E-state index < -0.39 is 24.1 Å².